The van der Waals surface area contributed by atoms with Crippen molar-refractivity contribution in [3.05, 3.63) is 42.1 Å². The summed E-state index contributed by atoms with van der Waals surface area (Å²) in [7, 11) is 3.47. The molecular weight excluding hydrogens is 266 g/mol. The van der Waals surface area contributed by atoms with Gasteiger partial charge in [0.25, 0.3) is 5.91 Å². The molecule has 0 aliphatic rings. The van der Waals surface area contributed by atoms with E-state index in [0.717, 1.165) is 5.56 Å². The summed E-state index contributed by atoms with van der Waals surface area (Å²) in [6.07, 6.45) is 1.71. The van der Waals surface area contributed by atoms with E-state index in [4.69, 9.17) is 0 Å². The van der Waals surface area contributed by atoms with Gasteiger partial charge in [-0.3, -0.25) is 9.48 Å². The first-order chi connectivity index (χ1) is 9.78. The van der Waals surface area contributed by atoms with Gasteiger partial charge in [0.2, 0.25) is 0 Å². The number of hydrogen-bond donors (Lipinski definition) is 1. The van der Waals surface area contributed by atoms with Crippen LogP contribution in [0.25, 0.3) is 11.3 Å². The highest BCUT2D eigenvalue weighted by Crippen LogP contribution is 2.23. The molecule has 0 saturated heterocycles. The molecule has 0 spiro atoms. The Labute approximate surface area is 124 Å². The van der Waals surface area contributed by atoms with Crippen molar-refractivity contribution in [3.8, 4) is 11.3 Å². The third-order valence-corrected chi connectivity index (χ3v) is 3.08. The molecule has 0 atom stereocenters. The van der Waals surface area contributed by atoms with Crippen LogP contribution in [0.3, 0.4) is 0 Å². The van der Waals surface area contributed by atoms with Gasteiger partial charge in [-0.05, 0) is 13.8 Å². The van der Waals surface area contributed by atoms with Crippen LogP contribution in [0, 0.1) is 0 Å². The Hall–Kier alpha value is -2.14. The molecule has 5 nitrogen and oxygen atoms in total. The van der Waals surface area contributed by atoms with Gasteiger partial charge < -0.3 is 10.0 Å². The number of amides is 1. The van der Waals surface area contributed by atoms with Gasteiger partial charge in [-0.15, -0.1) is 0 Å². The summed E-state index contributed by atoms with van der Waals surface area (Å²) >= 11 is 0. The zero-order valence-electron chi connectivity index (χ0n) is 12.9. The fraction of sp³-hybridized carbons (Fsp3) is 0.375. The van der Waals surface area contributed by atoms with Gasteiger partial charge in [0.05, 0.1) is 11.2 Å². The Kier molecular flexibility index (Phi) is 4.14. The van der Waals surface area contributed by atoms with E-state index in [9.17, 15) is 9.90 Å². The lowest BCUT2D eigenvalue weighted by molar-refractivity contribution is 0.0368. The lowest BCUT2D eigenvalue weighted by atomic mass is 10.1. The predicted molar refractivity (Wildman–Crippen MR) is 81.9 cm³/mol. The van der Waals surface area contributed by atoms with Crippen LogP contribution in [0.5, 0.6) is 0 Å². The summed E-state index contributed by atoms with van der Waals surface area (Å²) in [6.45, 7) is 3.62. The van der Waals surface area contributed by atoms with Crippen molar-refractivity contribution in [1.29, 1.82) is 0 Å². The van der Waals surface area contributed by atoms with Crippen molar-refractivity contribution in [2.24, 2.45) is 7.05 Å². The zero-order chi connectivity index (χ0) is 15.6. The van der Waals surface area contributed by atoms with E-state index >= 15 is 0 Å². The zero-order valence-corrected chi connectivity index (χ0v) is 12.9. The number of nitrogens with zero attached hydrogens (tertiary/aromatic N) is 3. The fourth-order valence-electron chi connectivity index (χ4n) is 2.31. The molecule has 5 heteroatoms. The molecular formula is C16H21N3O2. The Balaban J connectivity index is 2.34. The molecule has 1 aromatic carbocycles. The average Bonchev–Trinajstić information content (AvgIpc) is 2.79. The topological polar surface area (TPSA) is 58.4 Å². The van der Waals surface area contributed by atoms with Crippen LogP contribution in [-0.2, 0) is 7.05 Å². The maximum atomic E-state index is 12.6. The van der Waals surface area contributed by atoms with Crippen molar-refractivity contribution >= 4 is 5.91 Å². The van der Waals surface area contributed by atoms with Gasteiger partial charge in [-0.1, -0.05) is 30.3 Å². The van der Waals surface area contributed by atoms with Crippen molar-refractivity contribution in [1.82, 2.24) is 14.7 Å². The van der Waals surface area contributed by atoms with Gasteiger partial charge in [0.1, 0.15) is 5.69 Å². The highest BCUT2D eigenvalue weighted by Gasteiger charge is 2.24. The van der Waals surface area contributed by atoms with Crippen molar-refractivity contribution in [2.45, 2.75) is 19.4 Å². The molecule has 112 valence electrons. The van der Waals surface area contributed by atoms with Crippen LogP contribution in [-0.4, -0.2) is 44.9 Å². The quantitative estimate of drug-likeness (QED) is 0.934. The summed E-state index contributed by atoms with van der Waals surface area (Å²) in [5.74, 6) is -0.149. The molecule has 0 bridgehead atoms. The second kappa shape index (κ2) is 5.69. The highest BCUT2D eigenvalue weighted by atomic mass is 16.3. The smallest absolute Gasteiger partial charge is 0.257 e. The first-order valence-corrected chi connectivity index (χ1v) is 6.85. The molecule has 0 aliphatic heterocycles. The lowest BCUT2D eigenvalue weighted by Gasteiger charge is -2.25. The Morgan fingerprint density at radius 2 is 1.95 bits per heavy atom. The highest BCUT2D eigenvalue weighted by molar-refractivity contribution is 5.99. The van der Waals surface area contributed by atoms with E-state index in [0.29, 0.717) is 11.3 Å². The minimum atomic E-state index is -0.931. The van der Waals surface area contributed by atoms with Gasteiger partial charge in [0, 0.05) is 32.4 Å². The largest absolute Gasteiger partial charge is 0.389 e. The molecule has 1 amide bonds. The van der Waals surface area contributed by atoms with E-state index in [2.05, 4.69) is 5.10 Å². The molecule has 0 fully saturated rings. The van der Waals surface area contributed by atoms with Gasteiger partial charge in [-0.2, -0.15) is 5.10 Å². The van der Waals surface area contributed by atoms with Gasteiger partial charge >= 0.3 is 0 Å². The maximum Gasteiger partial charge on any atom is 0.257 e. The third-order valence-electron chi connectivity index (χ3n) is 3.08. The minimum Gasteiger partial charge on any atom is -0.389 e. The monoisotopic (exact) mass is 287 g/mol. The number of benzene rings is 1. The Morgan fingerprint density at radius 3 is 2.52 bits per heavy atom. The molecule has 0 unspecified atom stereocenters. The van der Waals surface area contributed by atoms with E-state index in [1.807, 2.05) is 30.3 Å². The Morgan fingerprint density at radius 1 is 1.33 bits per heavy atom. The predicted octanol–water partition coefficient (Wildman–Crippen LogP) is 1.93. The molecule has 0 radical (unpaired) electrons. The summed E-state index contributed by atoms with van der Waals surface area (Å²) in [4.78, 5) is 14.1. The maximum absolute atomic E-state index is 12.6. The van der Waals surface area contributed by atoms with Crippen LogP contribution in [0.4, 0.5) is 0 Å². The summed E-state index contributed by atoms with van der Waals surface area (Å²) in [5, 5.41) is 14.2. The first kappa shape index (κ1) is 15.3. The summed E-state index contributed by atoms with van der Waals surface area (Å²) < 4.78 is 1.63. The number of carbonyl (C=O) groups is 1. The molecule has 1 aromatic heterocycles. The number of carbonyl (C=O) groups excluding carboxylic acids is 1. The lowest BCUT2D eigenvalue weighted by Crippen LogP contribution is -2.39. The van der Waals surface area contributed by atoms with Gasteiger partial charge in [-0.25, -0.2) is 0 Å². The molecule has 21 heavy (non-hydrogen) atoms. The summed E-state index contributed by atoms with van der Waals surface area (Å²) in [5.41, 5.74) is 1.17. The van der Waals surface area contributed by atoms with E-state index in [1.54, 1.807) is 38.8 Å². The molecule has 1 heterocycles. The van der Waals surface area contributed by atoms with E-state index < -0.39 is 5.60 Å². The van der Waals surface area contributed by atoms with Crippen LogP contribution in [0.15, 0.2) is 36.5 Å². The van der Waals surface area contributed by atoms with Crippen molar-refractivity contribution < 1.29 is 9.90 Å². The Bertz CT molecular complexity index is 627. The van der Waals surface area contributed by atoms with Crippen molar-refractivity contribution in [2.75, 3.05) is 13.6 Å². The van der Waals surface area contributed by atoms with Gasteiger partial charge in [0.15, 0.2) is 0 Å². The average molecular weight is 287 g/mol. The van der Waals surface area contributed by atoms with Crippen LogP contribution < -0.4 is 0 Å². The number of likely N-dealkylation sites (N-methyl/N-ethyl adjacent to an activating group) is 1. The second-order valence-electron chi connectivity index (χ2n) is 5.90. The van der Waals surface area contributed by atoms with Crippen LogP contribution in [0.2, 0.25) is 0 Å². The fourth-order valence-corrected chi connectivity index (χ4v) is 2.31. The summed E-state index contributed by atoms with van der Waals surface area (Å²) in [6, 6.07) is 9.61. The number of aryl methyl sites for hydroxylation is 1. The second-order valence-corrected chi connectivity index (χ2v) is 5.90. The van der Waals surface area contributed by atoms with Crippen molar-refractivity contribution in [3.63, 3.8) is 0 Å². The number of aliphatic hydroxyl groups is 1. The van der Waals surface area contributed by atoms with Crippen LogP contribution in [0.1, 0.15) is 24.2 Å². The third kappa shape index (κ3) is 3.70. The van der Waals surface area contributed by atoms with E-state index in [1.165, 1.54) is 4.90 Å². The molecule has 0 aliphatic carbocycles. The number of aromatic nitrogens is 2. The SMILES string of the molecule is CN(CC(C)(C)O)C(=O)c1cn(C)nc1-c1ccccc1. The molecule has 0 saturated carbocycles. The standard InChI is InChI=1S/C16H21N3O2/c1-16(2,21)11-18(3)15(20)13-10-19(4)17-14(13)12-8-6-5-7-9-12/h5-10,21H,11H2,1-4H3. The number of hydrogen-bond acceptors (Lipinski definition) is 3. The number of rotatable bonds is 4. The molecule has 2 rings (SSSR count). The normalized spacial score (nSPS) is 11.5. The molecule has 1 N–H and O–H groups in total. The molecule has 2 aromatic rings. The van der Waals surface area contributed by atoms with Crippen LogP contribution >= 0.6 is 0 Å². The minimum absolute atomic E-state index is 0.149. The first-order valence-electron chi connectivity index (χ1n) is 6.85. The van der Waals surface area contributed by atoms with E-state index in [-0.39, 0.29) is 12.5 Å².